The number of unbranched alkanes of at least 4 members (excludes halogenated alkanes) is 2. The number of phenolic OH excluding ortho intramolecular Hbond substituents is 1. The Morgan fingerprint density at radius 1 is 1.09 bits per heavy atom. The highest BCUT2D eigenvalue weighted by Gasteiger charge is 2.56. The minimum absolute atomic E-state index is 0.0903. The predicted octanol–water partition coefficient (Wildman–Crippen LogP) is 5.33. The van der Waals surface area contributed by atoms with Gasteiger partial charge in [-0.1, -0.05) is 12.5 Å². The van der Waals surface area contributed by atoms with Crippen LogP contribution in [0.15, 0.2) is 47.7 Å². The smallest absolute Gasteiger partial charge is 0.303 e. The average molecular weight is 603 g/mol. The predicted molar refractivity (Wildman–Crippen MR) is 165 cm³/mol. The lowest BCUT2D eigenvalue weighted by molar-refractivity contribution is -0.141. The number of pyridine rings is 1. The molecule has 1 aromatic heterocycles. The molecule has 1 aromatic carbocycles. The van der Waals surface area contributed by atoms with Crippen molar-refractivity contribution < 1.29 is 34.1 Å². The highest BCUT2D eigenvalue weighted by Crippen LogP contribution is 2.50. The van der Waals surface area contributed by atoms with Crippen LogP contribution in [0, 0.1) is 31.6 Å². The van der Waals surface area contributed by atoms with E-state index in [4.69, 9.17) is 14.6 Å². The van der Waals surface area contributed by atoms with Crippen LogP contribution in [0.1, 0.15) is 67.3 Å². The molecule has 2 aliphatic heterocycles. The van der Waals surface area contributed by atoms with Crippen molar-refractivity contribution in [2.75, 3.05) is 26.9 Å². The molecule has 2 aromatic rings. The molecule has 44 heavy (non-hydrogen) atoms. The number of carbonyl (C=O) groups is 3. The van der Waals surface area contributed by atoms with Crippen molar-refractivity contribution in [1.82, 2.24) is 9.88 Å². The van der Waals surface area contributed by atoms with Crippen molar-refractivity contribution >= 4 is 29.4 Å². The Labute approximate surface area is 258 Å². The standard InChI is InChI=1S/C35H42N2O7/c1-21-15-23(16-22(2)33(21)40)17-24(28-9-6-7-13-36-28)11-12-29-31-25(19-43-3)18-26-32(27(31)20-44-29)35(42)37(34(26)41)14-8-4-5-10-30(38)39/h6-7,9,13,15-17,26-27,29,32,40H,4-5,8,10-12,14,18-20H2,1-3H3,(H,38,39)/b24-17-/t26-,27+,29-,32-/m1/s1. The van der Waals surface area contributed by atoms with Crippen LogP contribution in [-0.2, 0) is 23.9 Å². The van der Waals surface area contributed by atoms with Crippen molar-refractivity contribution in [2.45, 2.75) is 64.9 Å². The van der Waals surface area contributed by atoms with Crippen LogP contribution < -0.4 is 0 Å². The number of aromatic nitrogens is 1. The Morgan fingerprint density at radius 2 is 1.86 bits per heavy atom. The van der Waals surface area contributed by atoms with Crippen LogP contribution in [0.2, 0.25) is 0 Å². The molecule has 4 atom stereocenters. The minimum Gasteiger partial charge on any atom is -0.507 e. The molecule has 2 saturated heterocycles. The summed E-state index contributed by atoms with van der Waals surface area (Å²) in [7, 11) is 1.65. The van der Waals surface area contributed by atoms with Gasteiger partial charge in [-0.3, -0.25) is 24.3 Å². The fraction of sp³-hybridized carbons (Fsp3) is 0.486. The normalized spacial score (nSPS) is 23.3. The number of hydrogen-bond acceptors (Lipinski definition) is 7. The van der Waals surface area contributed by atoms with Crippen molar-refractivity contribution in [2.24, 2.45) is 17.8 Å². The number of phenols is 1. The molecule has 2 N–H and O–H groups in total. The van der Waals surface area contributed by atoms with Crippen molar-refractivity contribution in [1.29, 1.82) is 0 Å². The van der Waals surface area contributed by atoms with Gasteiger partial charge < -0.3 is 19.7 Å². The van der Waals surface area contributed by atoms with Crippen LogP contribution in [0.4, 0.5) is 0 Å². The number of amides is 2. The van der Waals surface area contributed by atoms with Gasteiger partial charge in [0.25, 0.3) is 0 Å². The van der Waals surface area contributed by atoms with E-state index in [-0.39, 0.29) is 30.3 Å². The number of imide groups is 1. The third kappa shape index (κ3) is 6.64. The lowest BCUT2D eigenvalue weighted by Gasteiger charge is -2.31. The van der Waals surface area contributed by atoms with Gasteiger partial charge in [-0.25, -0.2) is 0 Å². The molecule has 1 aliphatic carbocycles. The SMILES string of the molecule is COCC1=C2[C@@H](CC/C(=C/c3cc(C)c(O)c(C)c3)c3ccccn3)OC[C@@H]2[C@@H]2C(=O)N(CCCCCC(=O)O)C(=O)[C@@H]2C1. The van der Waals surface area contributed by atoms with Crippen LogP contribution >= 0.6 is 0 Å². The topological polar surface area (TPSA) is 126 Å². The van der Waals surface area contributed by atoms with Crippen molar-refractivity contribution in [3.63, 3.8) is 0 Å². The summed E-state index contributed by atoms with van der Waals surface area (Å²) in [5, 5.41) is 19.2. The first kappa shape index (κ1) is 31.6. The molecule has 9 nitrogen and oxygen atoms in total. The maximum absolute atomic E-state index is 13.6. The van der Waals surface area contributed by atoms with Crippen LogP contribution in [0.3, 0.4) is 0 Å². The summed E-state index contributed by atoms with van der Waals surface area (Å²) in [6.45, 7) is 4.88. The van der Waals surface area contributed by atoms with Crippen LogP contribution in [0.25, 0.3) is 11.6 Å². The van der Waals surface area contributed by atoms with Gasteiger partial charge in [0.1, 0.15) is 5.75 Å². The molecule has 2 amide bonds. The Bertz CT molecular complexity index is 1440. The average Bonchev–Trinajstić information content (AvgIpc) is 3.53. The number of aliphatic carboxylic acids is 1. The van der Waals surface area contributed by atoms with Gasteiger partial charge in [-0.2, -0.15) is 0 Å². The molecule has 5 rings (SSSR count). The maximum Gasteiger partial charge on any atom is 0.303 e. The quantitative estimate of drug-likeness (QED) is 0.179. The number of ether oxygens (including phenoxy) is 2. The van der Waals surface area contributed by atoms with E-state index in [9.17, 15) is 19.5 Å². The number of fused-ring (bicyclic) bond motifs is 3. The number of carbonyl (C=O) groups excluding carboxylic acids is 2. The molecule has 2 fully saturated rings. The second-order valence-electron chi connectivity index (χ2n) is 12.2. The number of hydrogen-bond donors (Lipinski definition) is 2. The number of allylic oxidation sites excluding steroid dienone is 1. The lowest BCUT2D eigenvalue weighted by atomic mass is 9.69. The largest absolute Gasteiger partial charge is 0.507 e. The van der Waals surface area contributed by atoms with Crippen molar-refractivity contribution in [3.8, 4) is 5.75 Å². The maximum atomic E-state index is 13.6. The molecule has 0 radical (unpaired) electrons. The second kappa shape index (κ2) is 13.9. The summed E-state index contributed by atoms with van der Waals surface area (Å²) < 4.78 is 12.0. The van der Waals surface area contributed by atoms with Gasteiger partial charge in [0.15, 0.2) is 0 Å². The van der Waals surface area contributed by atoms with E-state index >= 15 is 0 Å². The Hall–Kier alpha value is -3.82. The van der Waals surface area contributed by atoms with E-state index in [0.717, 1.165) is 39.1 Å². The molecule has 0 bridgehead atoms. The second-order valence-corrected chi connectivity index (χ2v) is 12.2. The van der Waals surface area contributed by atoms with Gasteiger partial charge in [-0.15, -0.1) is 0 Å². The molecular formula is C35H42N2O7. The number of nitrogens with zero attached hydrogens (tertiary/aromatic N) is 2. The highest BCUT2D eigenvalue weighted by atomic mass is 16.5. The van der Waals surface area contributed by atoms with E-state index in [1.807, 2.05) is 44.2 Å². The Balaban J connectivity index is 1.35. The molecule has 3 heterocycles. The Kier molecular flexibility index (Phi) is 9.96. The van der Waals surface area contributed by atoms with Gasteiger partial charge in [-0.05, 0) is 110 Å². The van der Waals surface area contributed by atoms with Gasteiger partial charge in [0.2, 0.25) is 11.8 Å². The summed E-state index contributed by atoms with van der Waals surface area (Å²) in [5.41, 5.74) is 6.70. The van der Waals surface area contributed by atoms with Gasteiger partial charge >= 0.3 is 5.97 Å². The van der Waals surface area contributed by atoms with E-state index in [2.05, 4.69) is 11.1 Å². The minimum atomic E-state index is -0.836. The number of carboxylic acid groups (broad SMARTS) is 1. The van der Waals surface area contributed by atoms with E-state index in [1.165, 1.54) is 4.90 Å². The number of carboxylic acids is 1. The Morgan fingerprint density at radius 3 is 2.55 bits per heavy atom. The fourth-order valence-electron chi connectivity index (χ4n) is 7.18. The van der Waals surface area contributed by atoms with Gasteiger partial charge in [0.05, 0.1) is 36.8 Å². The molecular weight excluding hydrogens is 560 g/mol. The number of aryl methyl sites for hydroxylation is 2. The number of aromatic hydroxyl groups is 1. The van der Waals surface area contributed by atoms with E-state index in [0.29, 0.717) is 64.0 Å². The molecule has 3 aliphatic rings. The number of rotatable bonds is 13. The summed E-state index contributed by atoms with van der Waals surface area (Å²) >= 11 is 0. The summed E-state index contributed by atoms with van der Waals surface area (Å²) in [6, 6.07) is 9.78. The lowest BCUT2D eigenvalue weighted by Crippen LogP contribution is -2.35. The van der Waals surface area contributed by atoms with Crippen molar-refractivity contribution in [3.05, 3.63) is 70.1 Å². The third-order valence-corrected chi connectivity index (χ3v) is 9.21. The summed E-state index contributed by atoms with van der Waals surface area (Å²) in [4.78, 5) is 43.9. The van der Waals surface area contributed by atoms with E-state index < -0.39 is 17.8 Å². The molecule has 9 heteroatoms. The first-order valence-electron chi connectivity index (χ1n) is 15.5. The zero-order valence-electron chi connectivity index (χ0n) is 25.8. The zero-order chi connectivity index (χ0) is 31.4. The monoisotopic (exact) mass is 602 g/mol. The zero-order valence-corrected chi connectivity index (χ0v) is 25.8. The molecule has 0 saturated carbocycles. The number of methoxy groups -OCH3 is 1. The molecule has 0 unspecified atom stereocenters. The highest BCUT2D eigenvalue weighted by molar-refractivity contribution is 6.06. The first-order valence-corrected chi connectivity index (χ1v) is 15.5. The van der Waals surface area contributed by atoms with Crippen LogP contribution in [0.5, 0.6) is 5.75 Å². The number of likely N-dealkylation sites (tertiary alicyclic amines) is 1. The first-order chi connectivity index (χ1) is 21.2. The van der Waals surface area contributed by atoms with Gasteiger partial charge in [0, 0.05) is 32.2 Å². The number of benzene rings is 1. The summed E-state index contributed by atoms with van der Waals surface area (Å²) in [5.74, 6) is -1.80. The molecule has 234 valence electrons. The third-order valence-electron chi connectivity index (χ3n) is 9.21. The fourth-order valence-corrected chi connectivity index (χ4v) is 7.18. The van der Waals surface area contributed by atoms with E-state index in [1.54, 1.807) is 13.3 Å². The molecule has 0 spiro atoms. The summed E-state index contributed by atoms with van der Waals surface area (Å²) in [6.07, 6.45) is 7.42. The van der Waals surface area contributed by atoms with Crippen LogP contribution in [-0.4, -0.2) is 70.9 Å².